The Hall–Kier alpha value is -8.30. The van der Waals surface area contributed by atoms with Crippen LogP contribution in [0.4, 0.5) is 0 Å². The quantitative estimate of drug-likeness (QED) is 0.0341. The first-order chi connectivity index (χ1) is 41.9. The SMILES string of the molecule is CNC(C)C(=O)NC(C(=O)N1CC(NC(=O)c2ccc(C(=O)NC3CC(C(=O)NC(COCc4ccccc4)c4ccccc4)N(C(=O)C(NC(=O)C(C)NC)C(C)(C)C)C3)cc2)CC1C(=O)NC(COCc1ccccc1)c1ccccc1)C(C)(C)C. The van der Waals surface area contributed by atoms with Gasteiger partial charge in [0.1, 0.15) is 24.2 Å². The van der Waals surface area contributed by atoms with Crippen LogP contribution in [0.5, 0.6) is 0 Å². The molecule has 470 valence electrons. The van der Waals surface area contributed by atoms with Gasteiger partial charge in [-0.1, -0.05) is 163 Å². The van der Waals surface area contributed by atoms with Crippen molar-refractivity contribution in [2.45, 2.75) is 142 Å². The highest BCUT2D eigenvalue weighted by Gasteiger charge is 2.48. The number of likely N-dealkylation sites (N-methyl/N-ethyl adjacent to an activating group) is 2. The molecule has 8 amide bonds. The summed E-state index contributed by atoms with van der Waals surface area (Å²) in [4.78, 5) is 117. The molecule has 0 aromatic heterocycles. The van der Waals surface area contributed by atoms with Gasteiger partial charge in [-0.15, -0.1) is 0 Å². The molecule has 0 radical (unpaired) electrons. The summed E-state index contributed by atoms with van der Waals surface area (Å²) in [5.74, 6) is -3.76. The van der Waals surface area contributed by atoms with Gasteiger partial charge < -0.3 is 61.8 Å². The van der Waals surface area contributed by atoms with Crippen LogP contribution >= 0.6 is 0 Å². The first kappa shape index (κ1) is 67.2. The van der Waals surface area contributed by atoms with E-state index < -0.39 is 119 Å². The van der Waals surface area contributed by atoms with Gasteiger partial charge in [-0.2, -0.15) is 0 Å². The molecule has 2 heterocycles. The highest BCUT2D eigenvalue weighted by molar-refractivity contribution is 5.99. The zero-order chi connectivity index (χ0) is 63.7. The van der Waals surface area contributed by atoms with Gasteiger partial charge in [0.15, 0.2) is 0 Å². The molecule has 0 aliphatic carbocycles. The number of carbonyl (C=O) groups excluding carboxylic acids is 8. The van der Waals surface area contributed by atoms with Gasteiger partial charge in [0, 0.05) is 36.3 Å². The standard InChI is InChI=1S/C68H88N10O10/c1-43(69-9)59(79)75-57(67(3,4)5)65(85)77-37-51(35-55(77)63(83)73-53(47-27-19-13-20-28-47)41-87-39-45-23-15-11-16-24-45)71-61(81)49-31-33-50(34-32-49)62(82)72-52-36-56(78(38-52)66(86)58(68(6,7)8)76-60(80)44(2)70-10)64(84)74-54(48-29-21-14-22-30-48)42-88-40-46-25-17-12-18-26-46/h11-34,43-44,51-58,69-70H,35-42H2,1-10H3,(H,71,81)(H,72,82)(H,73,83)(H,74,84)(H,75,79)(H,76,80). The minimum atomic E-state index is -1.07. The number of benzene rings is 5. The van der Waals surface area contributed by atoms with E-state index in [1.54, 1.807) is 27.9 Å². The Bertz CT molecular complexity index is 2930. The van der Waals surface area contributed by atoms with Crippen LogP contribution in [0, 0.1) is 10.8 Å². The van der Waals surface area contributed by atoms with Crippen LogP contribution < -0.4 is 42.5 Å². The first-order valence-corrected chi connectivity index (χ1v) is 30.2. The summed E-state index contributed by atoms with van der Waals surface area (Å²) in [5, 5.41) is 24.0. The molecule has 5 aromatic carbocycles. The zero-order valence-electron chi connectivity index (χ0n) is 52.3. The summed E-state index contributed by atoms with van der Waals surface area (Å²) < 4.78 is 12.3. The number of ether oxygens (including phenoxy) is 2. The summed E-state index contributed by atoms with van der Waals surface area (Å²) >= 11 is 0. The van der Waals surface area contributed by atoms with E-state index in [4.69, 9.17) is 9.47 Å². The molecule has 20 heteroatoms. The molecule has 7 rings (SSSR count). The largest absolute Gasteiger partial charge is 0.374 e. The van der Waals surface area contributed by atoms with Crippen LogP contribution in [-0.2, 0) is 51.5 Å². The lowest BCUT2D eigenvalue weighted by molar-refractivity contribution is -0.144. The Kier molecular flexibility index (Phi) is 23.7. The highest BCUT2D eigenvalue weighted by Crippen LogP contribution is 2.30. The predicted octanol–water partition coefficient (Wildman–Crippen LogP) is 5.51. The Labute approximate surface area is 517 Å². The third-order valence-electron chi connectivity index (χ3n) is 16.1. The highest BCUT2D eigenvalue weighted by atomic mass is 16.5. The second-order valence-corrected chi connectivity index (χ2v) is 25.0. The van der Waals surface area contributed by atoms with Crippen LogP contribution in [0.15, 0.2) is 146 Å². The number of likely N-dealkylation sites (tertiary alicyclic amines) is 2. The molecule has 10 unspecified atom stereocenters. The van der Waals surface area contributed by atoms with E-state index in [1.165, 1.54) is 34.1 Å². The summed E-state index contributed by atoms with van der Waals surface area (Å²) in [6.45, 7) is 15.1. The minimum absolute atomic E-state index is 0.0424. The number of hydrogen-bond donors (Lipinski definition) is 8. The van der Waals surface area contributed by atoms with Gasteiger partial charge in [0.05, 0.1) is 50.6 Å². The molecule has 0 spiro atoms. The molecular weight excluding hydrogens is 1120 g/mol. The molecule has 2 saturated heterocycles. The van der Waals surface area contributed by atoms with Crippen molar-refractivity contribution in [2.75, 3.05) is 40.4 Å². The van der Waals surface area contributed by atoms with E-state index in [0.29, 0.717) is 13.2 Å². The van der Waals surface area contributed by atoms with E-state index in [-0.39, 0.29) is 50.3 Å². The molecule has 88 heavy (non-hydrogen) atoms. The van der Waals surface area contributed by atoms with Gasteiger partial charge in [-0.05, 0) is 98.1 Å². The van der Waals surface area contributed by atoms with Crippen LogP contribution in [0.1, 0.15) is 123 Å². The number of carbonyl (C=O) groups is 8. The minimum Gasteiger partial charge on any atom is -0.374 e. The average molecular weight is 1210 g/mol. The molecule has 2 aliphatic rings. The maximum atomic E-state index is 14.9. The fraction of sp³-hybridized carbons (Fsp3) is 0.441. The van der Waals surface area contributed by atoms with E-state index in [0.717, 1.165) is 22.3 Å². The molecule has 0 saturated carbocycles. The lowest BCUT2D eigenvalue weighted by Crippen LogP contribution is -2.59. The number of amides is 8. The summed E-state index contributed by atoms with van der Waals surface area (Å²) in [6.07, 6.45) is 0.0848. The van der Waals surface area contributed by atoms with Crippen LogP contribution in [0.2, 0.25) is 0 Å². The third kappa shape index (κ3) is 18.4. The molecule has 8 N–H and O–H groups in total. The van der Waals surface area contributed by atoms with Gasteiger partial charge >= 0.3 is 0 Å². The molecule has 5 aromatic rings. The van der Waals surface area contributed by atoms with Crippen molar-refractivity contribution < 1.29 is 47.8 Å². The third-order valence-corrected chi connectivity index (χ3v) is 16.1. The van der Waals surface area contributed by atoms with Crippen LogP contribution in [0.3, 0.4) is 0 Å². The summed E-state index contributed by atoms with van der Waals surface area (Å²) in [7, 11) is 3.28. The topological polar surface area (TPSA) is 258 Å². The van der Waals surface area contributed by atoms with Crippen LogP contribution in [0.25, 0.3) is 0 Å². The van der Waals surface area contributed by atoms with E-state index in [9.17, 15) is 38.4 Å². The lowest BCUT2D eigenvalue weighted by Gasteiger charge is -2.36. The fourth-order valence-electron chi connectivity index (χ4n) is 10.7. The first-order valence-electron chi connectivity index (χ1n) is 30.2. The molecule has 20 nitrogen and oxygen atoms in total. The number of nitrogens with one attached hydrogen (secondary N) is 8. The van der Waals surface area contributed by atoms with Crippen molar-refractivity contribution in [1.29, 1.82) is 0 Å². The van der Waals surface area contributed by atoms with Crippen molar-refractivity contribution in [3.05, 3.63) is 179 Å². The molecule has 2 aliphatic heterocycles. The van der Waals surface area contributed by atoms with E-state index in [1.807, 2.05) is 163 Å². The Morgan fingerprint density at radius 1 is 0.466 bits per heavy atom. The summed E-state index contributed by atoms with van der Waals surface area (Å²) in [6, 6.07) is 35.9. The van der Waals surface area contributed by atoms with Crippen molar-refractivity contribution in [3.63, 3.8) is 0 Å². The zero-order valence-corrected chi connectivity index (χ0v) is 52.3. The Morgan fingerprint density at radius 2 is 0.784 bits per heavy atom. The monoisotopic (exact) mass is 1200 g/mol. The fourth-order valence-corrected chi connectivity index (χ4v) is 10.7. The van der Waals surface area contributed by atoms with Crippen molar-refractivity contribution in [3.8, 4) is 0 Å². The van der Waals surface area contributed by atoms with Gasteiger partial charge in [0.25, 0.3) is 11.8 Å². The van der Waals surface area contributed by atoms with Crippen molar-refractivity contribution >= 4 is 47.3 Å². The predicted molar refractivity (Wildman–Crippen MR) is 336 cm³/mol. The average Bonchev–Trinajstić information content (AvgIpc) is 4.16. The summed E-state index contributed by atoms with van der Waals surface area (Å²) in [5.41, 5.74) is 2.30. The Balaban J connectivity index is 1.08. The van der Waals surface area contributed by atoms with Gasteiger partial charge in [0.2, 0.25) is 35.4 Å². The van der Waals surface area contributed by atoms with E-state index >= 15 is 0 Å². The molecule has 0 bridgehead atoms. The van der Waals surface area contributed by atoms with Crippen LogP contribution in [-0.4, -0.2) is 146 Å². The lowest BCUT2D eigenvalue weighted by atomic mass is 9.85. The maximum Gasteiger partial charge on any atom is 0.251 e. The molecular formula is C68H88N10O10. The van der Waals surface area contributed by atoms with Gasteiger partial charge in [-0.3, -0.25) is 38.4 Å². The number of hydrogen-bond acceptors (Lipinski definition) is 12. The number of nitrogens with zero attached hydrogens (tertiary/aromatic N) is 2. The van der Waals surface area contributed by atoms with Crippen molar-refractivity contribution in [1.82, 2.24) is 52.3 Å². The second kappa shape index (κ2) is 31.1. The second-order valence-electron chi connectivity index (χ2n) is 25.0. The maximum absolute atomic E-state index is 14.9. The van der Waals surface area contributed by atoms with Crippen molar-refractivity contribution in [2.24, 2.45) is 10.8 Å². The smallest absolute Gasteiger partial charge is 0.251 e. The molecule has 10 atom stereocenters. The van der Waals surface area contributed by atoms with E-state index in [2.05, 4.69) is 42.5 Å². The Morgan fingerprint density at radius 3 is 1.09 bits per heavy atom. The normalized spacial score (nSPS) is 18.8. The van der Waals surface area contributed by atoms with Gasteiger partial charge in [-0.25, -0.2) is 0 Å². The number of rotatable bonds is 26. The molecule has 2 fully saturated rings.